The molecular formula is C14H19N. The summed E-state index contributed by atoms with van der Waals surface area (Å²) in [5.74, 6) is 0. The summed E-state index contributed by atoms with van der Waals surface area (Å²) in [5.41, 5.74) is 0. The Hall–Kier alpha value is -1.08. The highest BCUT2D eigenvalue weighted by molar-refractivity contribution is 5.27. The van der Waals surface area contributed by atoms with Gasteiger partial charge in [0.1, 0.15) is 0 Å². The van der Waals surface area contributed by atoms with Crippen molar-refractivity contribution >= 4 is 0 Å². The zero-order valence-electron chi connectivity index (χ0n) is 9.34. The number of allylic oxidation sites excluding steroid dienone is 4. The van der Waals surface area contributed by atoms with Gasteiger partial charge in [-0.1, -0.05) is 62.0 Å². The number of rotatable bonds is 5. The van der Waals surface area contributed by atoms with Crippen molar-refractivity contribution in [1.29, 1.82) is 0 Å². The van der Waals surface area contributed by atoms with Crippen LogP contribution in [-0.2, 0) is 0 Å². The van der Waals surface area contributed by atoms with Crippen LogP contribution < -0.4 is 0 Å². The lowest BCUT2D eigenvalue weighted by molar-refractivity contribution is 0.243. The van der Waals surface area contributed by atoms with Gasteiger partial charge in [-0.05, 0) is 13.0 Å². The van der Waals surface area contributed by atoms with Gasteiger partial charge in [0.25, 0.3) is 0 Å². The average molecular weight is 201 g/mol. The zero-order chi connectivity index (χ0) is 10.5. The van der Waals surface area contributed by atoms with E-state index in [-0.39, 0.29) is 0 Å². The molecule has 2 rings (SSSR count). The highest BCUT2D eigenvalue weighted by atomic mass is 15.2. The topological polar surface area (TPSA) is 3.24 Å². The Morgan fingerprint density at radius 3 is 1.73 bits per heavy atom. The Morgan fingerprint density at radius 1 is 0.867 bits per heavy atom. The third-order valence-electron chi connectivity index (χ3n) is 2.99. The van der Waals surface area contributed by atoms with Crippen molar-refractivity contribution in [3.8, 4) is 0 Å². The average Bonchev–Trinajstić information content (AvgIpc) is 2.90. The molecule has 0 atom stereocenters. The van der Waals surface area contributed by atoms with Crippen LogP contribution in [0.1, 0.15) is 19.8 Å². The van der Waals surface area contributed by atoms with Gasteiger partial charge in [0, 0.05) is 12.1 Å². The molecule has 0 saturated heterocycles. The first-order valence-electron chi connectivity index (χ1n) is 5.87. The summed E-state index contributed by atoms with van der Waals surface area (Å²) in [6, 6.07) is 0.989. The summed E-state index contributed by atoms with van der Waals surface area (Å²) < 4.78 is 0. The highest BCUT2D eigenvalue weighted by Crippen LogP contribution is 2.18. The Kier molecular flexibility index (Phi) is 3.57. The smallest absolute Gasteiger partial charge is 0.0476 e. The van der Waals surface area contributed by atoms with Crippen molar-refractivity contribution in [2.45, 2.75) is 31.8 Å². The maximum Gasteiger partial charge on any atom is 0.0476 e. The first kappa shape index (κ1) is 10.4. The summed E-state index contributed by atoms with van der Waals surface area (Å²) in [6.07, 6.45) is 20.2. The second kappa shape index (κ2) is 5.13. The third kappa shape index (κ3) is 2.48. The first-order chi connectivity index (χ1) is 7.42. The summed E-state index contributed by atoms with van der Waals surface area (Å²) in [7, 11) is 0. The Morgan fingerprint density at radius 2 is 1.33 bits per heavy atom. The molecule has 2 aliphatic carbocycles. The second-order valence-corrected chi connectivity index (χ2v) is 4.11. The molecule has 0 fully saturated rings. The first-order valence-corrected chi connectivity index (χ1v) is 5.87. The predicted octanol–water partition coefficient (Wildman–Crippen LogP) is 3.08. The molecule has 1 heteroatoms. The van der Waals surface area contributed by atoms with E-state index in [2.05, 4.69) is 60.4 Å². The molecule has 0 aliphatic heterocycles. The van der Waals surface area contributed by atoms with Gasteiger partial charge in [-0.25, -0.2) is 0 Å². The third-order valence-corrected chi connectivity index (χ3v) is 2.99. The van der Waals surface area contributed by atoms with Gasteiger partial charge in [-0.3, -0.25) is 4.90 Å². The summed E-state index contributed by atoms with van der Waals surface area (Å²) in [4.78, 5) is 2.55. The minimum atomic E-state index is 0.494. The van der Waals surface area contributed by atoms with Crippen molar-refractivity contribution in [2.24, 2.45) is 0 Å². The molecule has 0 aromatic rings. The lowest BCUT2D eigenvalue weighted by Gasteiger charge is -2.30. The van der Waals surface area contributed by atoms with Gasteiger partial charge < -0.3 is 0 Å². The number of unbranched alkanes of at least 4 members (excludes halogenated alkanes) is 1. The van der Waals surface area contributed by atoms with Crippen molar-refractivity contribution in [2.75, 3.05) is 6.54 Å². The van der Waals surface area contributed by atoms with Crippen LogP contribution in [0.25, 0.3) is 0 Å². The summed E-state index contributed by atoms with van der Waals surface area (Å²) in [6.45, 7) is 3.42. The summed E-state index contributed by atoms with van der Waals surface area (Å²) in [5, 5.41) is 0. The molecular weight excluding hydrogens is 182 g/mol. The largest absolute Gasteiger partial charge is 0.284 e. The molecule has 0 heterocycles. The van der Waals surface area contributed by atoms with Crippen LogP contribution >= 0.6 is 0 Å². The molecule has 0 amide bonds. The Balaban J connectivity index is 2.01. The highest BCUT2D eigenvalue weighted by Gasteiger charge is 2.21. The minimum Gasteiger partial charge on any atom is -0.284 e. The van der Waals surface area contributed by atoms with Gasteiger partial charge in [0.05, 0.1) is 0 Å². The predicted molar refractivity (Wildman–Crippen MR) is 65.8 cm³/mol. The van der Waals surface area contributed by atoms with Gasteiger partial charge in [-0.15, -0.1) is 0 Å². The van der Waals surface area contributed by atoms with Gasteiger partial charge in [0.2, 0.25) is 0 Å². The fourth-order valence-corrected chi connectivity index (χ4v) is 2.12. The molecule has 0 spiro atoms. The molecule has 0 N–H and O–H groups in total. The van der Waals surface area contributed by atoms with E-state index < -0.39 is 0 Å². The maximum atomic E-state index is 2.55. The van der Waals surface area contributed by atoms with E-state index in [1.807, 2.05) is 0 Å². The van der Waals surface area contributed by atoms with Crippen LogP contribution in [0.2, 0.25) is 0 Å². The molecule has 15 heavy (non-hydrogen) atoms. The number of hydrogen-bond donors (Lipinski definition) is 0. The fourth-order valence-electron chi connectivity index (χ4n) is 2.12. The van der Waals surface area contributed by atoms with E-state index in [0.717, 1.165) is 0 Å². The molecule has 0 aromatic heterocycles. The van der Waals surface area contributed by atoms with Crippen molar-refractivity contribution in [3.05, 3.63) is 48.6 Å². The fraction of sp³-hybridized carbons (Fsp3) is 0.429. The Labute approximate surface area is 92.5 Å². The lowest BCUT2D eigenvalue weighted by Crippen LogP contribution is -2.39. The van der Waals surface area contributed by atoms with Gasteiger partial charge in [-0.2, -0.15) is 0 Å². The van der Waals surface area contributed by atoms with E-state index in [4.69, 9.17) is 0 Å². The van der Waals surface area contributed by atoms with E-state index in [0.29, 0.717) is 12.1 Å². The lowest BCUT2D eigenvalue weighted by atomic mass is 10.1. The molecule has 0 saturated carbocycles. The normalized spacial score (nSPS) is 20.1. The van der Waals surface area contributed by atoms with Crippen LogP contribution in [0.3, 0.4) is 0 Å². The standard InChI is InChI=1S/C14H19N/c1-2-3-12-15(13-8-4-5-9-13)14-10-6-7-11-14/h4-11,13-14H,2-3,12H2,1H3. The molecule has 0 radical (unpaired) electrons. The van der Waals surface area contributed by atoms with Gasteiger partial charge in [0.15, 0.2) is 0 Å². The molecule has 0 aromatic carbocycles. The molecule has 0 unspecified atom stereocenters. The van der Waals surface area contributed by atoms with Crippen molar-refractivity contribution in [1.82, 2.24) is 4.90 Å². The van der Waals surface area contributed by atoms with E-state index in [9.17, 15) is 0 Å². The van der Waals surface area contributed by atoms with E-state index in [1.165, 1.54) is 19.4 Å². The van der Waals surface area contributed by atoms with Crippen molar-refractivity contribution < 1.29 is 0 Å². The SMILES string of the molecule is CCCCN(C1C=CC=C1)C1C=CC=C1. The molecule has 1 nitrogen and oxygen atoms in total. The molecule has 0 bridgehead atoms. The van der Waals surface area contributed by atoms with Crippen LogP contribution in [0.15, 0.2) is 48.6 Å². The summed E-state index contributed by atoms with van der Waals surface area (Å²) >= 11 is 0. The molecule has 80 valence electrons. The van der Waals surface area contributed by atoms with Gasteiger partial charge >= 0.3 is 0 Å². The second-order valence-electron chi connectivity index (χ2n) is 4.11. The van der Waals surface area contributed by atoms with E-state index in [1.54, 1.807) is 0 Å². The van der Waals surface area contributed by atoms with Crippen LogP contribution in [0.4, 0.5) is 0 Å². The molecule has 2 aliphatic rings. The quantitative estimate of drug-likeness (QED) is 0.660. The van der Waals surface area contributed by atoms with E-state index >= 15 is 0 Å². The van der Waals surface area contributed by atoms with Crippen LogP contribution in [-0.4, -0.2) is 23.5 Å². The zero-order valence-corrected chi connectivity index (χ0v) is 9.34. The number of nitrogens with zero attached hydrogens (tertiary/aromatic N) is 1. The van der Waals surface area contributed by atoms with Crippen LogP contribution in [0, 0.1) is 0 Å². The van der Waals surface area contributed by atoms with Crippen molar-refractivity contribution in [3.63, 3.8) is 0 Å². The monoisotopic (exact) mass is 201 g/mol. The number of hydrogen-bond acceptors (Lipinski definition) is 1. The minimum absolute atomic E-state index is 0.494. The Bertz CT molecular complexity index is 257. The van der Waals surface area contributed by atoms with Crippen LogP contribution in [0.5, 0.6) is 0 Å². The maximum absolute atomic E-state index is 2.55.